The molecule has 0 fully saturated rings. The van der Waals surface area contributed by atoms with Crippen LogP contribution in [0.25, 0.3) is 22.1 Å². The maximum atomic E-state index is 12.6. The Hall–Kier alpha value is -3.66. The Kier molecular flexibility index (Phi) is 4.47. The highest BCUT2D eigenvalue weighted by atomic mass is 16.5. The summed E-state index contributed by atoms with van der Waals surface area (Å²) in [6.07, 6.45) is 2.53. The molecule has 0 bridgehead atoms. The molecule has 0 amide bonds. The smallest absolute Gasteiger partial charge is 0.310 e. The molecule has 30 heavy (non-hydrogen) atoms. The van der Waals surface area contributed by atoms with Crippen molar-refractivity contribution in [1.29, 1.82) is 0 Å². The lowest BCUT2D eigenvalue weighted by Crippen LogP contribution is -2.15. The summed E-state index contributed by atoms with van der Waals surface area (Å²) >= 11 is 0. The third kappa shape index (κ3) is 3.30. The fourth-order valence-electron chi connectivity index (χ4n) is 4.06. The number of furan rings is 1. The first-order valence-electron chi connectivity index (χ1n) is 9.95. The third-order valence-corrected chi connectivity index (χ3v) is 5.63. The summed E-state index contributed by atoms with van der Waals surface area (Å²) < 4.78 is 10.8. The first-order chi connectivity index (χ1) is 14.6. The van der Waals surface area contributed by atoms with Gasteiger partial charge in [0, 0.05) is 16.5 Å². The molecule has 148 valence electrons. The van der Waals surface area contributed by atoms with Crippen LogP contribution in [0.4, 0.5) is 0 Å². The molecule has 1 aromatic heterocycles. The number of hydrogen-bond acceptors (Lipinski definition) is 4. The van der Waals surface area contributed by atoms with Crippen LogP contribution in [0.5, 0.6) is 0 Å². The minimum Gasteiger partial charge on any atom is -0.464 e. The predicted octanol–water partition coefficient (Wildman–Crippen LogP) is 5.28. The first-order valence-corrected chi connectivity index (χ1v) is 9.95. The Labute approximate surface area is 174 Å². The van der Waals surface area contributed by atoms with Crippen LogP contribution in [0.2, 0.25) is 0 Å². The number of Topliss-reactive ketones (excluding diaryl/α,β-unsaturated/α-hetero) is 1. The van der Waals surface area contributed by atoms with E-state index in [9.17, 15) is 9.59 Å². The third-order valence-electron chi connectivity index (χ3n) is 5.63. The second-order valence-electron chi connectivity index (χ2n) is 7.73. The normalized spacial score (nSPS) is 11.9. The number of esters is 1. The molecule has 4 aromatic rings. The van der Waals surface area contributed by atoms with Crippen LogP contribution < -0.4 is 0 Å². The summed E-state index contributed by atoms with van der Waals surface area (Å²) in [6.45, 7) is 1.72. The van der Waals surface area contributed by atoms with Crippen molar-refractivity contribution >= 4 is 22.7 Å². The summed E-state index contributed by atoms with van der Waals surface area (Å²) in [6, 6.07) is 19.8. The number of ether oxygens (including phenoxy) is 1. The summed E-state index contributed by atoms with van der Waals surface area (Å²) in [5, 5.41) is 0.890. The van der Waals surface area contributed by atoms with Gasteiger partial charge in [0.1, 0.15) is 5.58 Å². The molecule has 0 unspecified atom stereocenters. The van der Waals surface area contributed by atoms with E-state index in [1.807, 2.05) is 55.5 Å². The van der Waals surface area contributed by atoms with Crippen molar-refractivity contribution in [2.24, 2.45) is 0 Å². The molecule has 4 heteroatoms. The molecule has 3 aromatic carbocycles. The zero-order chi connectivity index (χ0) is 20.7. The number of rotatable bonds is 5. The van der Waals surface area contributed by atoms with Gasteiger partial charge in [-0.15, -0.1) is 0 Å². The summed E-state index contributed by atoms with van der Waals surface area (Å²) in [5.41, 5.74) is 7.89. The fourth-order valence-corrected chi connectivity index (χ4v) is 4.06. The SMILES string of the molecule is Cc1ccc2c(CC(=O)OCC(=O)c3ccc4c(c3)-c3ccccc3C4)coc2c1. The van der Waals surface area contributed by atoms with Gasteiger partial charge in [-0.25, -0.2) is 0 Å². The molecular formula is C26H20O4. The van der Waals surface area contributed by atoms with Crippen molar-refractivity contribution in [3.8, 4) is 11.1 Å². The lowest BCUT2D eigenvalue weighted by molar-refractivity contribution is -0.141. The fraction of sp³-hybridized carbons (Fsp3) is 0.154. The van der Waals surface area contributed by atoms with Gasteiger partial charge in [0.25, 0.3) is 0 Å². The van der Waals surface area contributed by atoms with Crippen molar-refractivity contribution in [2.45, 2.75) is 19.8 Å². The van der Waals surface area contributed by atoms with E-state index in [1.165, 1.54) is 16.7 Å². The van der Waals surface area contributed by atoms with E-state index < -0.39 is 5.97 Å². The van der Waals surface area contributed by atoms with Crippen molar-refractivity contribution in [2.75, 3.05) is 6.61 Å². The Morgan fingerprint density at radius 1 is 0.967 bits per heavy atom. The standard InChI is InChI=1S/C26H20O4/c1-16-6-9-22-20(14-29-25(22)10-16)13-26(28)30-15-24(27)19-8-7-18-11-17-4-2-3-5-21(17)23(18)12-19/h2-10,12,14H,11,13,15H2,1H3. The van der Waals surface area contributed by atoms with Crippen molar-refractivity contribution in [3.63, 3.8) is 0 Å². The Morgan fingerprint density at radius 2 is 1.80 bits per heavy atom. The van der Waals surface area contributed by atoms with Crippen molar-refractivity contribution in [1.82, 2.24) is 0 Å². The molecule has 4 nitrogen and oxygen atoms in total. The quantitative estimate of drug-likeness (QED) is 0.300. The largest absolute Gasteiger partial charge is 0.464 e. The van der Waals surface area contributed by atoms with Crippen molar-refractivity contribution in [3.05, 3.63) is 94.7 Å². The maximum absolute atomic E-state index is 12.6. The first kappa shape index (κ1) is 18.4. The maximum Gasteiger partial charge on any atom is 0.310 e. The van der Waals surface area contributed by atoms with Crippen LogP contribution in [0.3, 0.4) is 0 Å². The molecular weight excluding hydrogens is 376 g/mol. The van der Waals surface area contributed by atoms with Gasteiger partial charge >= 0.3 is 5.97 Å². The summed E-state index contributed by atoms with van der Waals surface area (Å²) in [5.74, 6) is -0.652. The highest BCUT2D eigenvalue weighted by molar-refractivity contribution is 6.00. The molecule has 1 aliphatic rings. The van der Waals surface area contributed by atoms with E-state index in [-0.39, 0.29) is 18.8 Å². The van der Waals surface area contributed by atoms with Gasteiger partial charge in [0.15, 0.2) is 12.4 Å². The van der Waals surface area contributed by atoms with E-state index in [4.69, 9.17) is 9.15 Å². The second-order valence-corrected chi connectivity index (χ2v) is 7.73. The molecule has 0 aliphatic heterocycles. The van der Waals surface area contributed by atoms with Gasteiger partial charge in [-0.05, 0) is 53.3 Å². The van der Waals surface area contributed by atoms with Crippen LogP contribution >= 0.6 is 0 Å². The predicted molar refractivity (Wildman–Crippen MR) is 115 cm³/mol. The van der Waals surface area contributed by atoms with E-state index in [2.05, 4.69) is 12.1 Å². The number of ketones is 1. The van der Waals surface area contributed by atoms with Crippen LogP contribution in [0, 0.1) is 6.92 Å². The average Bonchev–Trinajstić information content (AvgIpc) is 3.32. The van der Waals surface area contributed by atoms with Crippen LogP contribution in [0.15, 0.2) is 71.3 Å². The lowest BCUT2D eigenvalue weighted by atomic mass is 10.0. The molecule has 5 rings (SSSR count). The molecule has 0 saturated carbocycles. The molecule has 0 spiro atoms. The number of fused-ring (bicyclic) bond motifs is 4. The van der Waals surface area contributed by atoms with Crippen LogP contribution in [-0.2, 0) is 22.4 Å². The van der Waals surface area contributed by atoms with Gasteiger partial charge in [-0.1, -0.05) is 48.5 Å². The number of hydrogen-bond donors (Lipinski definition) is 0. The van der Waals surface area contributed by atoms with Crippen LogP contribution in [0.1, 0.15) is 32.6 Å². The minimum absolute atomic E-state index is 0.0703. The van der Waals surface area contributed by atoms with Gasteiger partial charge in [0.2, 0.25) is 0 Å². The second kappa shape index (κ2) is 7.30. The lowest BCUT2D eigenvalue weighted by Gasteiger charge is -2.07. The molecule has 0 radical (unpaired) electrons. The van der Waals surface area contributed by atoms with Crippen molar-refractivity contribution < 1.29 is 18.7 Å². The van der Waals surface area contributed by atoms with Gasteiger partial charge in [-0.3, -0.25) is 9.59 Å². The molecule has 0 N–H and O–H groups in total. The summed E-state index contributed by atoms with van der Waals surface area (Å²) in [7, 11) is 0. The number of carbonyl (C=O) groups is 2. The zero-order valence-electron chi connectivity index (χ0n) is 16.6. The highest BCUT2D eigenvalue weighted by Crippen LogP contribution is 2.36. The molecule has 1 aliphatic carbocycles. The zero-order valence-corrected chi connectivity index (χ0v) is 16.6. The van der Waals surface area contributed by atoms with Gasteiger partial charge < -0.3 is 9.15 Å². The molecule has 1 heterocycles. The van der Waals surface area contributed by atoms with Crippen LogP contribution in [-0.4, -0.2) is 18.4 Å². The number of aryl methyl sites for hydroxylation is 1. The molecule has 0 atom stereocenters. The topological polar surface area (TPSA) is 56.5 Å². The average molecular weight is 396 g/mol. The minimum atomic E-state index is -0.446. The van der Waals surface area contributed by atoms with E-state index in [0.29, 0.717) is 5.56 Å². The number of carbonyl (C=O) groups excluding carboxylic acids is 2. The van der Waals surface area contributed by atoms with Gasteiger partial charge in [-0.2, -0.15) is 0 Å². The highest BCUT2D eigenvalue weighted by Gasteiger charge is 2.20. The Bertz CT molecular complexity index is 1300. The summed E-state index contributed by atoms with van der Waals surface area (Å²) in [4.78, 5) is 24.9. The molecule has 0 saturated heterocycles. The van der Waals surface area contributed by atoms with E-state index in [1.54, 1.807) is 6.26 Å². The Balaban J connectivity index is 1.26. The van der Waals surface area contributed by atoms with Gasteiger partial charge in [0.05, 0.1) is 12.7 Å². The Morgan fingerprint density at radius 3 is 2.70 bits per heavy atom. The van der Waals surface area contributed by atoms with E-state index in [0.717, 1.165) is 34.1 Å². The number of benzene rings is 3. The van der Waals surface area contributed by atoms with E-state index >= 15 is 0 Å². The monoisotopic (exact) mass is 396 g/mol.